The van der Waals surface area contributed by atoms with Crippen LogP contribution in [0.15, 0.2) is 0 Å². The van der Waals surface area contributed by atoms with Crippen molar-refractivity contribution < 1.29 is 22.7 Å². The molecule has 3 N–H and O–H groups in total. The lowest BCUT2D eigenvalue weighted by molar-refractivity contribution is -0.173. The molecular weight excluding hydrogens is 201 g/mol. The van der Waals surface area contributed by atoms with Gasteiger partial charge in [0.1, 0.15) is 6.61 Å². The van der Waals surface area contributed by atoms with E-state index in [1.807, 2.05) is 0 Å². The molecule has 0 fully saturated rings. The van der Waals surface area contributed by atoms with E-state index < -0.39 is 18.7 Å². The molecule has 0 spiro atoms. The lowest BCUT2D eigenvalue weighted by Crippen LogP contribution is -2.29. The Labute approximate surface area is 79.6 Å². The van der Waals surface area contributed by atoms with Crippen LogP contribution < -0.4 is 11.1 Å². The van der Waals surface area contributed by atoms with Gasteiger partial charge in [0.2, 0.25) is 5.91 Å². The molecule has 0 bridgehead atoms. The highest BCUT2D eigenvalue weighted by Crippen LogP contribution is 2.14. The molecule has 4 nitrogen and oxygen atoms in total. The summed E-state index contributed by atoms with van der Waals surface area (Å²) in [6.07, 6.45) is -3.87. The van der Waals surface area contributed by atoms with Crippen LogP contribution >= 0.6 is 0 Å². The fourth-order valence-electron chi connectivity index (χ4n) is 0.699. The molecule has 0 aliphatic carbocycles. The summed E-state index contributed by atoms with van der Waals surface area (Å²) in [6.45, 7) is -0.797. The van der Waals surface area contributed by atoms with Gasteiger partial charge in [-0.3, -0.25) is 4.79 Å². The van der Waals surface area contributed by atoms with Gasteiger partial charge in [-0.15, -0.1) is 0 Å². The third kappa shape index (κ3) is 11.2. The summed E-state index contributed by atoms with van der Waals surface area (Å²) in [5.41, 5.74) is 4.81. The largest absolute Gasteiger partial charge is 0.411 e. The molecule has 0 aliphatic rings. The van der Waals surface area contributed by atoms with E-state index in [0.29, 0.717) is 13.0 Å². The number of nitrogens with two attached hydrogens (primary N) is 1. The van der Waals surface area contributed by atoms with Crippen LogP contribution in [0, 0.1) is 0 Å². The molecule has 0 atom stereocenters. The van der Waals surface area contributed by atoms with E-state index in [-0.39, 0.29) is 13.2 Å². The van der Waals surface area contributed by atoms with Crippen LogP contribution in [-0.4, -0.2) is 38.4 Å². The van der Waals surface area contributed by atoms with Gasteiger partial charge in [-0.2, -0.15) is 13.2 Å². The number of nitrogens with one attached hydrogen (secondary N) is 1. The maximum absolute atomic E-state index is 11.5. The number of amides is 1. The number of alkyl halides is 3. The van der Waals surface area contributed by atoms with E-state index in [0.717, 1.165) is 0 Å². The van der Waals surface area contributed by atoms with Gasteiger partial charge in [0.15, 0.2) is 0 Å². The lowest BCUT2D eigenvalue weighted by atomic mass is 10.4. The Morgan fingerprint density at radius 1 is 1.43 bits per heavy atom. The van der Waals surface area contributed by atoms with Gasteiger partial charge >= 0.3 is 6.18 Å². The predicted octanol–water partition coefficient (Wildman–Crippen LogP) is 0.0303. The van der Waals surface area contributed by atoms with E-state index in [2.05, 4.69) is 10.1 Å². The summed E-state index contributed by atoms with van der Waals surface area (Å²) in [5, 5.41) is 2.65. The first kappa shape index (κ1) is 13.2. The zero-order valence-corrected chi connectivity index (χ0v) is 7.56. The van der Waals surface area contributed by atoms with Gasteiger partial charge in [-0.05, 0) is 13.0 Å². The molecule has 0 saturated heterocycles. The van der Waals surface area contributed by atoms with E-state index in [4.69, 9.17) is 5.73 Å². The zero-order chi connectivity index (χ0) is 11.0. The van der Waals surface area contributed by atoms with Gasteiger partial charge in [-0.1, -0.05) is 0 Å². The summed E-state index contributed by atoms with van der Waals surface area (Å²) in [5.74, 6) is -0.499. The molecule has 0 radical (unpaired) electrons. The maximum atomic E-state index is 11.5. The molecule has 14 heavy (non-hydrogen) atoms. The Kier molecular flexibility index (Phi) is 6.22. The molecule has 0 rings (SSSR count). The number of halogens is 3. The maximum Gasteiger partial charge on any atom is 0.411 e. The quantitative estimate of drug-likeness (QED) is 0.588. The predicted molar refractivity (Wildman–Crippen MR) is 43.6 cm³/mol. The highest BCUT2D eigenvalue weighted by molar-refractivity contribution is 5.75. The SMILES string of the molecule is NC(=O)CNCCCOCC(F)(F)F. The van der Waals surface area contributed by atoms with Crippen molar-refractivity contribution >= 4 is 5.91 Å². The molecule has 84 valence electrons. The minimum Gasteiger partial charge on any atom is -0.372 e. The smallest absolute Gasteiger partial charge is 0.372 e. The third-order valence-corrected chi connectivity index (χ3v) is 1.21. The topological polar surface area (TPSA) is 64.4 Å². The Morgan fingerprint density at radius 2 is 2.07 bits per heavy atom. The minimum absolute atomic E-state index is 0.00523. The number of carbonyl (C=O) groups excluding carboxylic acids is 1. The molecule has 1 amide bonds. The normalized spacial score (nSPS) is 11.6. The molecule has 0 saturated carbocycles. The molecule has 0 unspecified atom stereocenters. The van der Waals surface area contributed by atoms with Gasteiger partial charge in [0, 0.05) is 6.61 Å². The fraction of sp³-hybridized carbons (Fsp3) is 0.857. The highest BCUT2D eigenvalue weighted by atomic mass is 19.4. The Morgan fingerprint density at radius 3 is 2.57 bits per heavy atom. The van der Waals surface area contributed by atoms with Crippen molar-refractivity contribution in [1.29, 1.82) is 0 Å². The van der Waals surface area contributed by atoms with Crippen molar-refractivity contribution in [2.24, 2.45) is 5.73 Å². The first-order valence-corrected chi connectivity index (χ1v) is 4.05. The number of hydrogen-bond acceptors (Lipinski definition) is 3. The number of primary amides is 1. The van der Waals surface area contributed by atoms with Gasteiger partial charge < -0.3 is 15.8 Å². The monoisotopic (exact) mass is 214 g/mol. The number of hydrogen-bond donors (Lipinski definition) is 2. The average Bonchev–Trinajstić information content (AvgIpc) is 2.00. The van der Waals surface area contributed by atoms with Gasteiger partial charge in [-0.25, -0.2) is 0 Å². The second-order valence-corrected chi connectivity index (χ2v) is 2.66. The van der Waals surface area contributed by atoms with Crippen LogP contribution in [-0.2, 0) is 9.53 Å². The van der Waals surface area contributed by atoms with Crippen molar-refractivity contribution in [3.8, 4) is 0 Å². The summed E-state index contributed by atoms with van der Waals surface area (Å²) >= 11 is 0. The van der Waals surface area contributed by atoms with Crippen LogP contribution in [0.25, 0.3) is 0 Å². The average molecular weight is 214 g/mol. The van der Waals surface area contributed by atoms with E-state index >= 15 is 0 Å². The van der Waals surface area contributed by atoms with Crippen LogP contribution in [0.3, 0.4) is 0 Å². The summed E-state index contributed by atoms with van der Waals surface area (Å²) in [6, 6.07) is 0. The summed E-state index contributed by atoms with van der Waals surface area (Å²) in [4.78, 5) is 10.2. The molecule has 0 aromatic carbocycles. The second-order valence-electron chi connectivity index (χ2n) is 2.66. The number of rotatable bonds is 7. The Hall–Kier alpha value is -0.820. The zero-order valence-electron chi connectivity index (χ0n) is 7.56. The van der Waals surface area contributed by atoms with Crippen molar-refractivity contribution in [3.63, 3.8) is 0 Å². The number of carbonyl (C=O) groups is 1. The van der Waals surface area contributed by atoms with Crippen LogP contribution in [0.1, 0.15) is 6.42 Å². The van der Waals surface area contributed by atoms with Gasteiger partial charge in [0.05, 0.1) is 6.54 Å². The molecule has 0 aromatic rings. The van der Waals surface area contributed by atoms with Crippen LogP contribution in [0.2, 0.25) is 0 Å². The Balaban J connectivity index is 3.11. The van der Waals surface area contributed by atoms with Crippen molar-refractivity contribution in [2.45, 2.75) is 12.6 Å². The van der Waals surface area contributed by atoms with Crippen LogP contribution in [0.4, 0.5) is 13.2 Å². The molecule has 0 aliphatic heterocycles. The van der Waals surface area contributed by atoms with E-state index in [9.17, 15) is 18.0 Å². The lowest BCUT2D eigenvalue weighted by Gasteiger charge is -2.07. The fourth-order valence-corrected chi connectivity index (χ4v) is 0.699. The highest BCUT2D eigenvalue weighted by Gasteiger charge is 2.26. The molecule has 0 heterocycles. The molecule has 0 aromatic heterocycles. The standard InChI is InChI=1S/C7H13F3N2O2/c8-7(9,10)5-14-3-1-2-12-4-6(11)13/h12H,1-5H2,(H2,11,13). The van der Waals surface area contributed by atoms with E-state index in [1.165, 1.54) is 0 Å². The minimum atomic E-state index is -4.28. The first-order chi connectivity index (χ1) is 6.42. The number of ether oxygens (including phenoxy) is 1. The summed E-state index contributed by atoms with van der Waals surface area (Å²) in [7, 11) is 0. The Bertz CT molecular complexity index is 173. The van der Waals surface area contributed by atoms with Crippen molar-refractivity contribution in [2.75, 3.05) is 26.3 Å². The third-order valence-electron chi connectivity index (χ3n) is 1.21. The summed E-state index contributed by atoms with van der Waals surface area (Å²) < 4.78 is 38.9. The first-order valence-electron chi connectivity index (χ1n) is 4.05. The van der Waals surface area contributed by atoms with Crippen molar-refractivity contribution in [3.05, 3.63) is 0 Å². The molecule has 7 heteroatoms. The second kappa shape index (κ2) is 6.61. The van der Waals surface area contributed by atoms with Crippen molar-refractivity contribution in [1.82, 2.24) is 5.32 Å². The van der Waals surface area contributed by atoms with E-state index in [1.54, 1.807) is 0 Å². The molecular formula is C7H13F3N2O2. The van der Waals surface area contributed by atoms with Gasteiger partial charge in [0.25, 0.3) is 0 Å². The van der Waals surface area contributed by atoms with Crippen LogP contribution in [0.5, 0.6) is 0 Å².